The zero-order valence-corrected chi connectivity index (χ0v) is 17.8. The van der Waals surface area contributed by atoms with Crippen molar-refractivity contribution in [3.63, 3.8) is 0 Å². The largest absolute Gasteiger partial charge is 0.278 e. The van der Waals surface area contributed by atoms with Crippen LogP contribution in [0.3, 0.4) is 0 Å². The van der Waals surface area contributed by atoms with Gasteiger partial charge in [-0.1, -0.05) is 23.5 Å². The lowest BCUT2D eigenvalue weighted by atomic mass is 10.1. The van der Waals surface area contributed by atoms with Crippen LogP contribution in [0.15, 0.2) is 48.8 Å². The van der Waals surface area contributed by atoms with Crippen LogP contribution >= 0.6 is 11.3 Å². The molecular formula is C22H23N5OS. The van der Waals surface area contributed by atoms with Crippen LogP contribution in [0, 0.1) is 13.8 Å². The van der Waals surface area contributed by atoms with Crippen molar-refractivity contribution in [2.45, 2.75) is 40.3 Å². The summed E-state index contributed by atoms with van der Waals surface area (Å²) in [6, 6.07) is 11.8. The van der Waals surface area contributed by atoms with Crippen LogP contribution in [0.1, 0.15) is 47.2 Å². The summed E-state index contributed by atoms with van der Waals surface area (Å²) in [5.41, 5.74) is 4.60. The molecule has 3 heterocycles. The molecule has 0 aliphatic rings. The molecule has 1 amide bonds. The molecule has 3 aromatic heterocycles. The van der Waals surface area contributed by atoms with Gasteiger partial charge in [0.2, 0.25) is 0 Å². The van der Waals surface area contributed by atoms with Gasteiger partial charge in [-0.25, -0.2) is 4.98 Å². The molecule has 0 bridgehead atoms. The van der Waals surface area contributed by atoms with Gasteiger partial charge in [-0.3, -0.25) is 19.4 Å². The third-order valence-corrected chi connectivity index (χ3v) is 5.94. The maximum atomic E-state index is 13.6. The predicted octanol–water partition coefficient (Wildman–Crippen LogP) is 4.93. The second kappa shape index (κ2) is 7.75. The number of rotatable bonds is 5. The van der Waals surface area contributed by atoms with Gasteiger partial charge in [0.25, 0.3) is 5.91 Å². The van der Waals surface area contributed by atoms with E-state index in [4.69, 9.17) is 4.98 Å². The molecule has 29 heavy (non-hydrogen) atoms. The number of aromatic nitrogens is 4. The van der Waals surface area contributed by atoms with Crippen LogP contribution in [0.2, 0.25) is 0 Å². The molecule has 148 valence electrons. The van der Waals surface area contributed by atoms with Crippen molar-refractivity contribution in [3.8, 4) is 0 Å². The number of anilines is 1. The third kappa shape index (κ3) is 3.78. The van der Waals surface area contributed by atoms with Gasteiger partial charge in [0.05, 0.1) is 22.5 Å². The molecule has 7 heteroatoms. The first kappa shape index (κ1) is 19.3. The van der Waals surface area contributed by atoms with E-state index in [1.165, 1.54) is 16.9 Å². The third-order valence-electron chi connectivity index (χ3n) is 4.71. The van der Waals surface area contributed by atoms with Crippen molar-refractivity contribution in [1.29, 1.82) is 0 Å². The zero-order valence-electron chi connectivity index (χ0n) is 17.0. The molecule has 0 unspecified atom stereocenters. The molecule has 0 atom stereocenters. The van der Waals surface area contributed by atoms with E-state index in [2.05, 4.69) is 36.1 Å². The normalized spacial score (nSPS) is 11.3. The molecule has 0 saturated carbocycles. The smallest absolute Gasteiger partial charge is 0.277 e. The van der Waals surface area contributed by atoms with E-state index in [1.54, 1.807) is 28.0 Å². The highest BCUT2D eigenvalue weighted by Crippen LogP contribution is 2.33. The fourth-order valence-electron chi connectivity index (χ4n) is 3.39. The molecule has 1 aromatic carbocycles. The summed E-state index contributed by atoms with van der Waals surface area (Å²) in [5.74, 6) is -0.129. The first-order valence-corrected chi connectivity index (χ1v) is 10.4. The zero-order chi connectivity index (χ0) is 20.5. The SMILES string of the molecule is Cc1cc(C)c2sc(N(Cc3ccccn3)C(=O)c3ccnn3C(C)C)nc2c1. The number of nitrogens with zero attached hydrogens (tertiary/aromatic N) is 5. The Morgan fingerprint density at radius 1 is 1.17 bits per heavy atom. The van der Waals surface area contributed by atoms with Gasteiger partial charge in [0.1, 0.15) is 5.69 Å². The summed E-state index contributed by atoms with van der Waals surface area (Å²) < 4.78 is 2.85. The molecule has 0 N–H and O–H groups in total. The highest BCUT2D eigenvalue weighted by atomic mass is 32.1. The predicted molar refractivity (Wildman–Crippen MR) is 116 cm³/mol. The molecule has 0 radical (unpaired) electrons. The van der Waals surface area contributed by atoms with Gasteiger partial charge in [0.15, 0.2) is 5.13 Å². The Hall–Kier alpha value is -3.06. The number of aryl methyl sites for hydroxylation is 2. The first-order chi connectivity index (χ1) is 13.9. The van der Waals surface area contributed by atoms with E-state index in [0.29, 0.717) is 17.4 Å². The van der Waals surface area contributed by atoms with Crippen LogP contribution in [-0.4, -0.2) is 25.7 Å². The highest BCUT2D eigenvalue weighted by Gasteiger charge is 2.26. The fraction of sp³-hybridized carbons (Fsp3) is 0.273. The minimum atomic E-state index is -0.129. The Labute approximate surface area is 173 Å². The van der Waals surface area contributed by atoms with E-state index in [9.17, 15) is 4.79 Å². The standard InChI is InChI=1S/C22H23N5OS/c1-14(2)27-19(8-10-24-27)21(28)26(13-17-7-5-6-9-23-17)22-25-18-12-15(3)11-16(4)20(18)29-22/h5-12,14H,13H2,1-4H3. The average molecular weight is 406 g/mol. The second-order valence-corrected chi connectivity index (χ2v) is 8.37. The number of carbonyl (C=O) groups is 1. The van der Waals surface area contributed by atoms with Gasteiger partial charge in [-0.2, -0.15) is 5.10 Å². The van der Waals surface area contributed by atoms with Crippen molar-refractivity contribution in [1.82, 2.24) is 19.7 Å². The van der Waals surface area contributed by atoms with Crippen molar-refractivity contribution in [2.75, 3.05) is 4.90 Å². The van der Waals surface area contributed by atoms with E-state index >= 15 is 0 Å². The molecule has 0 aliphatic carbocycles. The lowest BCUT2D eigenvalue weighted by Crippen LogP contribution is -2.32. The lowest BCUT2D eigenvalue weighted by molar-refractivity contribution is 0.0972. The number of carbonyl (C=O) groups excluding carboxylic acids is 1. The summed E-state index contributed by atoms with van der Waals surface area (Å²) >= 11 is 1.54. The fourth-order valence-corrected chi connectivity index (χ4v) is 4.41. The van der Waals surface area contributed by atoms with Crippen molar-refractivity contribution < 1.29 is 4.79 Å². The van der Waals surface area contributed by atoms with Crippen molar-refractivity contribution in [2.24, 2.45) is 0 Å². The van der Waals surface area contributed by atoms with Crippen LogP contribution in [0.5, 0.6) is 0 Å². The quantitative estimate of drug-likeness (QED) is 0.472. The van der Waals surface area contributed by atoms with Gasteiger partial charge in [-0.05, 0) is 63.1 Å². The van der Waals surface area contributed by atoms with Crippen LogP contribution in [0.4, 0.5) is 5.13 Å². The van der Waals surface area contributed by atoms with Gasteiger partial charge >= 0.3 is 0 Å². The first-order valence-electron chi connectivity index (χ1n) is 9.57. The van der Waals surface area contributed by atoms with Crippen molar-refractivity contribution >= 4 is 32.6 Å². The number of fused-ring (bicyclic) bond motifs is 1. The highest BCUT2D eigenvalue weighted by molar-refractivity contribution is 7.22. The Morgan fingerprint density at radius 3 is 2.72 bits per heavy atom. The van der Waals surface area contributed by atoms with Crippen LogP contribution < -0.4 is 4.90 Å². The summed E-state index contributed by atoms with van der Waals surface area (Å²) in [7, 11) is 0. The van der Waals surface area contributed by atoms with E-state index in [1.807, 2.05) is 32.0 Å². The lowest BCUT2D eigenvalue weighted by Gasteiger charge is -2.21. The molecule has 0 spiro atoms. The van der Waals surface area contributed by atoms with E-state index < -0.39 is 0 Å². The molecule has 0 fully saturated rings. The summed E-state index contributed by atoms with van der Waals surface area (Å²) in [5, 5.41) is 4.99. The number of thiazole rings is 1. The summed E-state index contributed by atoms with van der Waals surface area (Å²) in [6.45, 7) is 8.51. The topological polar surface area (TPSA) is 63.9 Å². The molecule has 4 aromatic rings. The molecule has 0 saturated heterocycles. The van der Waals surface area contributed by atoms with Crippen LogP contribution in [-0.2, 0) is 6.54 Å². The maximum Gasteiger partial charge on any atom is 0.278 e. The van der Waals surface area contributed by atoms with E-state index in [-0.39, 0.29) is 11.9 Å². The Balaban J connectivity index is 1.81. The van der Waals surface area contributed by atoms with E-state index in [0.717, 1.165) is 21.5 Å². The Kier molecular flexibility index (Phi) is 5.15. The molecule has 0 aliphatic heterocycles. The molecule has 4 rings (SSSR count). The summed E-state index contributed by atoms with van der Waals surface area (Å²) in [6.07, 6.45) is 3.40. The van der Waals surface area contributed by atoms with Crippen molar-refractivity contribution in [3.05, 3.63) is 71.3 Å². The molecule has 6 nitrogen and oxygen atoms in total. The number of hydrogen-bond donors (Lipinski definition) is 0. The Bertz CT molecular complexity index is 1160. The number of pyridine rings is 1. The minimum absolute atomic E-state index is 0.0842. The Morgan fingerprint density at radius 2 is 2.00 bits per heavy atom. The number of benzene rings is 1. The monoisotopic (exact) mass is 405 g/mol. The van der Waals surface area contributed by atoms with Crippen LogP contribution in [0.25, 0.3) is 10.2 Å². The molecular weight excluding hydrogens is 382 g/mol. The minimum Gasteiger partial charge on any atom is -0.277 e. The van der Waals surface area contributed by atoms with Gasteiger partial charge in [0, 0.05) is 18.4 Å². The number of amides is 1. The van der Waals surface area contributed by atoms with Gasteiger partial charge < -0.3 is 0 Å². The van der Waals surface area contributed by atoms with Gasteiger partial charge in [-0.15, -0.1) is 0 Å². The maximum absolute atomic E-state index is 13.6. The summed E-state index contributed by atoms with van der Waals surface area (Å²) in [4.78, 5) is 24.5. The second-order valence-electron chi connectivity index (χ2n) is 7.39. The number of hydrogen-bond acceptors (Lipinski definition) is 5. The average Bonchev–Trinajstić information content (AvgIpc) is 3.33.